The van der Waals surface area contributed by atoms with Gasteiger partial charge in [0, 0.05) is 0 Å². The lowest BCUT2D eigenvalue weighted by Gasteiger charge is -1.83. The average molecular weight is 198 g/mol. The maximum Gasteiger partial charge on any atom is 0.214 e. The van der Waals surface area contributed by atoms with Crippen LogP contribution in [0.5, 0.6) is 0 Å². The molecule has 0 amide bonds. The number of tetrazole rings is 1. The number of hydrogen-bond acceptors (Lipinski definition) is 5. The van der Waals surface area contributed by atoms with Crippen LogP contribution in [0.3, 0.4) is 0 Å². The van der Waals surface area contributed by atoms with Crippen LogP contribution < -0.4 is 0 Å². The molecule has 0 atom stereocenters. The molecule has 0 aliphatic carbocycles. The third-order valence-electron chi connectivity index (χ3n) is 1.35. The van der Waals surface area contributed by atoms with Crippen LogP contribution in [0.25, 0.3) is 10.7 Å². The second-order valence-corrected chi connectivity index (χ2v) is 4.25. The minimum atomic E-state index is 0.667. The Morgan fingerprint density at radius 3 is 3.00 bits per heavy atom. The molecule has 2 rings (SSSR count). The maximum absolute atomic E-state index is 3.89. The summed E-state index contributed by atoms with van der Waals surface area (Å²) in [5.74, 6) is 0.667. The second-order valence-electron chi connectivity index (χ2n) is 2.06. The summed E-state index contributed by atoms with van der Waals surface area (Å²) in [6.45, 7) is 0. The topological polar surface area (TPSA) is 54.5 Å². The number of nitrogens with zero attached hydrogens (tertiary/aromatic N) is 3. The Kier molecular flexibility index (Phi) is 2.09. The molecule has 2 heterocycles. The fraction of sp³-hybridized carbons (Fsp3) is 0.167. The molecule has 0 aromatic carbocycles. The number of hydrogen-bond donors (Lipinski definition) is 1. The van der Waals surface area contributed by atoms with Gasteiger partial charge in [-0.1, -0.05) is 0 Å². The van der Waals surface area contributed by atoms with E-state index in [1.807, 2.05) is 12.3 Å². The van der Waals surface area contributed by atoms with Crippen molar-refractivity contribution in [3.63, 3.8) is 0 Å². The van der Waals surface area contributed by atoms with E-state index in [-0.39, 0.29) is 0 Å². The van der Waals surface area contributed by atoms with Crippen LogP contribution in [0.2, 0.25) is 0 Å². The molecule has 0 aliphatic heterocycles. The van der Waals surface area contributed by atoms with E-state index in [0.29, 0.717) is 5.82 Å². The van der Waals surface area contributed by atoms with Gasteiger partial charge in [-0.15, -0.1) is 33.3 Å². The third-order valence-corrected chi connectivity index (χ3v) is 3.51. The molecule has 0 unspecified atom stereocenters. The van der Waals surface area contributed by atoms with Gasteiger partial charge in [-0.2, -0.15) is 5.21 Å². The van der Waals surface area contributed by atoms with Gasteiger partial charge in [-0.05, 0) is 23.6 Å². The lowest BCUT2D eigenvalue weighted by molar-refractivity contribution is 0.881. The zero-order valence-electron chi connectivity index (χ0n) is 6.31. The lowest BCUT2D eigenvalue weighted by atomic mass is 10.5. The van der Waals surface area contributed by atoms with Crippen molar-refractivity contribution < 1.29 is 0 Å². The van der Waals surface area contributed by atoms with E-state index in [1.165, 1.54) is 4.21 Å². The Morgan fingerprint density at radius 2 is 2.42 bits per heavy atom. The summed E-state index contributed by atoms with van der Waals surface area (Å²) in [5.41, 5.74) is 0. The van der Waals surface area contributed by atoms with E-state index in [2.05, 4.69) is 26.7 Å². The minimum absolute atomic E-state index is 0.667. The fourth-order valence-corrected chi connectivity index (χ4v) is 2.29. The molecule has 0 saturated carbocycles. The molecule has 4 nitrogen and oxygen atoms in total. The maximum atomic E-state index is 3.89. The van der Waals surface area contributed by atoms with Gasteiger partial charge in [0.15, 0.2) is 0 Å². The molecule has 0 fully saturated rings. The van der Waals surface area contributed by atoms with E-state index < -0.39 is 0 Å². The molecule has 0 bridgehead atoms. The highest BCUT2D eigenvalue weighted by molar-refractivity contribution is 8.00. The summed E-state index contributed by atoms with van der Waals surface area (Å²) < 4.78 is 1.26. The highest BCUT2D eigenvalue weighted by Crippen LogP contribution is 2.30. The van der Waals surface area contributed by atoms with Gasteiger partial charge in [0.05, 0.1) is 9.09 Å². The second kappa shape index (κ2) is 3.24. The zero-order valence-corrected chi connectivity index (χ0v) is 7.95. The summed E-state index contributed by atoms with van der Waals surface area (Å²) in [6.07, 6.45) is 2.05. The number of nitrogens with one attached hydrogen (secondary N) is 1. The van der Waals surface area contributed by atoms with Crippen molar-refractivity contribution >= 4 is 23.1 Å². The molecule has 2 aromatic rings. The van der Waals surface area contributed by atoms with E-state index >= 15 is 0 Å². The van der Waals surface area contributed by atoms with Crippen LogP contribution in [0.4, 0.5) is 0 Å². The van der Waals surface area contributed by atoms with Gasteiger partial charge >= 0.3 is 0 Å². The van der Waals surface area contributed by atoms with Crippen molar-refractivity contribution in [3.05, 3.63) is 12.1 Å². The zero-order chi connectivity index (χ0) is 8.39. The molecule has 2 aromatic heterocycles. The standard InChI is InChI=1S/C6H6N4S2/c1-11-5-3-2-4(12-5)6-7-9-10-8-6/h2-3H,1H3,(H,7,8,9,10). The molecule has 0 radical (unpaired) electrons. The van der Waals surface area contributed by atoms with Crippen molar-refractivity contribution in [2.75, 3.05) is 6.26 Å². The van der Waals surface area contributed by atoms with Gasteiger partial charge in [-0.3, -0.25) is 0 Å². The Hall–Kier alpha value is -0.880. The van der Waals surface area contributed by atoms with Crippen LogP contribution in [-0.4, -0.2) is 26.9 Å². The summed E-state index contributed by atoms with van der Waals surface area (Å²) in [5, 5.41) is 13.7. The smallest absolute Gasteiger partial charge is 0.177 e. The monoisotopic (exact) mass is 198 g/mol. The quantitative estimate of drug-likeness (QED) is 0.745. The van der Waals surface area contributed by atoms with E-state index in [1.54, 1.807) is 23.1 Å². The highest BCUT2D eigenvalue weighted by atomic mass is 32.2. The first-order chi connectivity index (χ1) is 5.90. The van der Waals surface area contributed by atoms with Gasteiger partial charge in [-0.25, -0.2) is 0 Å². The number of rotatable bonds is 2. The highest BCUT2D eigenvalue weighted by Gasteiger charge is 2.05. The molecule has 0 spiro atoms. The molecular weight excluding hydrogens is 192 g/mol. The van der Waals surface area contributed by atoms with Crippen LogP contribution in [-0.2, 0) is 0 Å². The van der Waals surface area contributed by atoms with Crippen LogP contribution in [0.15, 0.2) is 16.3 Å². The number of thiophene rings is 1. The minimum Gasteiger partial charge on any atom is -0.177 e. The van der Waals surface area contributed by atoms with Crippen molar-refractivity contribution in [1.82, 2.24) is 20.6 Å². The van der Waals surface area contributed by atoms with Gasteiger partial charge in [0.2, 0.25) is 5.82 Å². The van der Waals surface area contributed by atoms with Crippen LogP contribution >= 0.6 is 23.1 Å². The van der Waals surface area contributed by atoms with E-state index in [9.17, 15) is 0 Å². The third kappa shape index (κ3) is 1.35. The first-order valence-corrected chi connectivity index (χ1v) is 5.32. The van der Waals surface area contributed by atoms with Crippen LogP contribution in [0.1, 0.15) is 0 Å². The Balaban J connectivity index is 2.35. The van der Waals surface area contributed by atoms with Gasteiger partial charge in [0.1, 0.15) is 0 Å². The predicted octanol–water partition coefficient (Wildman–Crippen LogP) is 1.65. The molecule has 6 heteroatoms. The van der Waals surface area contributed by atoms with Crippen molar-refractivity contribution in [1.29, 1.82) is 0 Å². The molecule has 12 heavy (non-hydrogen) atoms. The average Bonchev–Trinajstić information content (AvgIpc) is 2.75. The summed E-state index contributed by atoms with van der Waals surface area (Å²) in [6, 6.07) is 4.06. The number of aromatic nitrogens is 4. The molecular formula is C6H6N4S2. The largest absolute Gasteiger partial charge is 0.214 e. The molecule has 62 valence electrons. The van der Waals surface area contributed by atoms with Crippen LogP contribution in [0, 0.1) is 0 Å². The van der Waals surface area contributed by atoms with Gasteiger partial charge in [0.25, 0.3) is 0 Å². The molecule has 0 saturated heterocycles. The number of H-pyrrole nitrogens is 1. The Labute approximate surface area is 77.4 Å². The Bertz CT molecular complexity index is 353. The summed E-state index contributed by atoms with van der Waals surface area (Å²) in [7, 11) is 0. The normalized spacial score (nSPS) is 10.4. The molecule has 0 aliphatic rings. The molecule has 1 N–H and O–H groups in total. The van der Waals surface area contributed by atoms with E-state index in [0.717, 1.165) is 4.88 Å². The van der Waals surface area contributed by atoms with Gasteiger partial charge < -0.3 is 0 Å². The first-order valence-electron chi connectivity index (χ1n) is 3.28. The number of aromatic amines is 1. The predicted molar refractivity (Wildman–Crippen MR) is 49.3 cm³/mol. The number of thioether (sulfide) groups is 1. The summed E-state index contributed by atoms with van der Waals surface area (Å²) in [4.78, 5) is 1.05. The van der Waals surface area contributed by atoms with Crippen molar-refractivity contribution in [2.45, 2.75) is 4.21 Å². The summed E-state index contributed by atoms with van der Waals surface area (Å²) >= 11 is 3.39. The Morgan fingerprint density at radius 1 is 1.50 bits per heavy atom. The van der Waals surface area contributed by atoms with Crippen molar-refractivity contribution in [2.24, 2.45) is 0 Å². The fourth-order valence-electron chi connectivity index (χ4n) is 0.816. The van der Waals surface area contributed by atoms with Crippen molar-refractivity contribution in [3.8, 4) is 10.7 Å². The first kappa shape index (κ1) is 7.75. The van der Waals surface area contributed by atoms with E-state index in [4.69, 9.17) is 0 Å². The lowest BCUT2D eigenvalue weighted by Crippen LogP contribution is -1.73. The SMILES string of the molecule is CSc1ccc(-c2nn[nH]n2)s1.